The quantitative estimate of drug-likeness (QED) is 0.307. The first-order valence-electron chi connectivity index (χ1n) is 9.34. The summed E-state index contributed by atoms with van der Waals surface area (Å²) >= 11 is 0. The molecule has 0 aliphatic carbocycles. The predicted molar refractivity (Wildman–Crippen MR) is 94.6 cm³/mol. The normalized spacial score (nSPS) is 10.4. The molecule has 0 rings (SSSR count). The van der Waals surface area contributed by atoms with Crippen LogP contribution in [-0.4, -0.2) is 60.1 Å². The van der Waals surface area contributed by atoms with Gasteiger partial charge in [-0.3, -0.25) is 0 Å². The maximum Gasteiger partial charge on any atom is 0.0662 e. The van der Waals surface area contributed by atoms with Crippen LogP contribution in [0.25, 0.3) is 0 Å². The van der Waals surface area contributed by atoms with Crippen molar-refractivity contribution in [3.05, 3.63) is 0 Å². The average molecular weight is 337 g/mol. The minimum absolute atomic E-state index is 0.125. The Morgan fingerprint density at radius 2 is 0.652 bits per heavy atom. The Kier molecular flexibility index (Phi) is 29.1. The van der Waals surface area contributed by atoms with Crippen LogP contribution in [0.5, 0.6) is 0 Å². The molecule has 0 aromatic carbocycles. The van der Waals surface area contributed by atoms with Crippen molar-refractivity contribution >= 4 is 0 Å². The second kappa shape index (κ2) is 26.7. The summed E-state index contributed by atoms with van der Waals surface area (Å²) in [4.78, 5) is 0. The molecule has 0 unspecified atom stereocenters. The molecule has 0 atom stereocenters. The largest absolute Gasteiger partial charge is 0.396 e. The van der Waals surface area contributed by atoms with Gasteiger partial charge < -0.3 is 25.2 Å². The molecular formula is C18H40O5. The number of aliphatic hydroxyl groups excluding tert-OH is 4. The number of ether oxygens (including phenoxy) is 1. The lowest BCUT2D eigenvalue weighted by atomic mass is 10.1. The molecule has 0 bridgehead atoms. The first kappa shape index (κ1) is 25.0. The lowest BCUT2D eigenvalue weighted by Crippen LogP contribution is -1.98. The summed E-state index contributed by atoms with van der Waals surface area (Å²) in [6, 6.07) is 0. The maximum atomic E-state index is 8.65. The highest BCUT2D eigenvalue weighted by Crippen LogP contribution is 2.10. The maximum absolute atomic E-state index is 8.65. The van der Waals surface area contributed by atoms with Gasteiger partial charge in [0.05, 0.1) is 13.2 Å². The van der Waals surface area contributed by atoms with Gasteiger partial charge in [0, 0.05) is 26.4 Å². The van der Waals surface area contributed by atoms with Crippen LogP contribution in [0.3, 0.4) is 0 Å². The fourth-order valence-corrected chi connectivity index (χ4v) is 2.15. The van der Waals surface area contributed by atoms with Gasteiger partial charge in [0.2, 0.25) is 0 Å². The Labute approximate surface area is 142 Å². The highest BCUT2D eigenvalue weighted by atomic mass is 16.5. The van der Waals surface area contributed by atoms with Crippen LogP contribution >= 0.6 is 0 Å². The molecule has 0 aromatic heterocycles. The third kappa shape index (κ3) is 30.3. The minimum Gasteiger partial charge on any atom is -0.396 e. The van der Waals surface area contributed by atoms with Crippen molar-refractivity contribution in [1.29, 1.82) is 0 Å². The Morgan fingerprint density at radius 3 is 1.04 bits per heavy atom. The van der Waals surface area contributed by atoms with E-state index in [4.69, 9.17) is 25.2 Å². The highest BCUT2D eigenvalue weighted by molar-refractivity contribution is 4.48. The molecule has 0 fully saturated rings. The topological polar surface area (TPSA) is 90.2 Å². The number of rotatable bonds is 17. The van der Waals surface area contributed by atoms with E-state index in [1.165, 1.54) is 57.8 Å². The van der Waals surface area contributed by atoms with Gasteiger partial charge in [0.15, 0.2) is 0 Å². The molecular weight excluding hydrogens is 296 g/mol. The Hall–Kier alpha value is -0.200. The second-order valence-corrected chi connectivity index (χ2v) is 5.75. The van der Waals surface area contributed by atoms with E-state index in [0.29, 0.717) is 6.61 Å². The molecule has 0 amide bonds. The first-order valence-corrected chi connectivity index (χ1v) is 9.34. The molecule has 0 saturated carbocycles. The molecule has 0 aliphatic rings. The van der Waals surface area contributed by atoms with Crippen LogP contribution in [0.15, 0.2) is 0 Å². The van der Waals surface area contributed by atoms with E-state index in [0.717, 1.165) is 32.5 Å². The SMILES string of the molecule is OCCCCCCCCCCCCOCCCCO.OCCO. The zero-order valence-corrected chi connectivity index (χ0v) is 14.9. The van der Waals surface area contributed by atoms with Crippen LogP contribution in [0.4, 0.5) is 0 Å². The molecule has 0 radical (unpaired) electrons. The van der Waals surface area contributed by atoms with E-state index in [2.05, 4.69) is 0 Å². The van der Waals surface area contributed by atoms with Crippen molar-refractivity contribution in [3.63, 3.8) is 0 Å². The molecule has 142 valence electrons. The summed E-state index contributed by atoms with van der Waals surface area (Å²) in [7, 11) is 0. The van der Waals surface area contributed by atoms with Crippen molar-refractivity contribution in [2.24, 2.45) is 0 Å². The third-order valence-electron chi connectivity index (χ3n) is 3.49. The van der Waals surface area contributed by atoms with Crippen molar-refractivity contribution in [2.45, 2.75) is 77.0 Å². The van der Waals surface area contributed by atoms with Gasteiger partial charge in [-0.1, -0.05) is 51.4 Å². The number of aliphatic hydroxyl groups is 4. The summed E-state index contributed by atoms with van der Waals surface area (Å²) < 4.78 is 5.49. The van der Waals surface area contributed by atoms with Crippen LogP contribution in [0.1, 0.15) is 77.0 Å². The molecule has 4 N–H and O–H groups in total. The van der Waals surface area contributed by atoms with Crippen LogP contribution in [-0.2, 0) is 4.74 Å². The summed E-state index contributed by atoms with van der Waals surface area (Å²) in [5.74, 6) is 0. The van der Waals surface area contributed by atoms with Gasteiger partial charge in [-0.05, 0) is 25.7 Å². The Morgan fingerprint density at radius 1 is 0.348 bits per heavy atom. The summed E-state index contributed by atoms with van der Waals surface area (Å²) in [5, 5.41) is 32.5. The van der Waals surface area contributed by atoms with E-state index < -0.39 is 0 Å². The zero-order chi connectivity index (χ0) is 17.4. The molecule has 0 aliphatic heterocycles. The molecule has 0 saturated heterocycles. The number of unbranched alkanes of at least 4 members (excludes halogenated alkanes) is 10. The van der Waals surface area contributed by atoms with Crippen molar-refractivity contribution < 1.29 is 25.2 Å². The number of hydrogen-bond donors (Lipinski definition) is 4. The van der Waals surface area contributed by atoms with E-state index >= 15 is 0 Å². The highest BCUT2D eigenvalue weighted by Gasteiger charge is 1.94. The zero-order valence-electron chi connectivity index (χ0n) is 14.9. The van der Waals surface area contributed by atoms with Gasteiger partial charge in [0.1, 0.15) is 0 Å². The second-order valence-electron chi connectivity index (χ2n) is 5.75. The van der Waals surface area contributed by atoms with Crippen molar-refractivity contribution in [2.75, 3.05) is 39.6 Å². The van der Waals surface area contributed by atoms with Gasteiger partial charge in [-0.15, -0.1) is 0 Å². The molecule has 0 aromatic rings. The summed E-state index contributed by atoms with van der Waals surface area (Å²) in [5.41, 5.74) is 0. The van der Waals surface area contributed by atoms with E-state index in [1.54, 1.807) is 0 Å². The molecule has 0 heterocycles. The monoisotopic (exact) mass is 336 g/mol. The predicted octanol–water partition coefficient (Wildman–Crippen LogP) is 2.64. The van der Waals surface area contributed by atoms with Gasteiger partial charge in [-0.25, -0.2) is 0 Å². The van der Waals surface area contributed by atoms with Crippen LogP contribution in [0.2, 0.25) is 0 Å². The summed E-state index contributed by atoms with van der Waals surface area (Å²) in [6.07, 6.45) is 14.4. The third-order valence-corrected chi connectivity index (χ3v) is 3.49. The summed E-state index contributed by atoms with van der Waals surface area (Å²) in [6.45, 7) is 2.06. The molecule has 5 nitrogen and oxygen atoms in total. The molecule has 0 spiro atoms. The lowest BCUT2D eigenvalue weighted by molar-refractivity contribution is 0.121. The van der Waals surface area contributed by atoms with Gasteiger partial charge in [-0.2, -0.15) is 0 Å². The van der Waals surface area contributed by atoms with E-state index in [1.807, 2.05) is 0 Å². The number of hydrogen-bond acceptors (Lipinski definition) is 5. The van der Waals surface area contributed by atoms with E-state index in [9.17, 15) is 0 Å². The minimum atomic E-state index is -0.125. The first-order chi connectivity index (χ1) is 11.3. The smallest absolute Gasteiger partial charge is 0.0662 e. The lowest BCUT2D eigenvalue weighted by Gasteiger charge is -2.04. The molecule has 23 heavy (non-hydrogen) atoms. The average Bonchev–Trinajstić information content (AvgIpc) is 2.58. The standard InChI is InChI=1S/C16H34O3.C2H6O2/c17-13-9-7-5-3-1-2-4-6-8-11-15-19-16-12-10-14-18;3-1-2-4/h17-18H,1-16H2;3-4H,1-2H2. The molecule has 5 heteroatoms. The van der Waals surface area contributed by atoms with Crippen LogP contribution in [0, 0.1) is 0 Å². The van der Waals surface area contributed by atoms with Gasteiger partial charge >= 0.3 is 0 Å². The van der Waals surface area contributed by atoms with E-state index in [-0.39, 0.29) is 19.8 Å². The Balaban J connectivity index is 0. The fraction of sp³-hybridized carbons (Fsp3) is 1.00. The van der Waals surface area contributed by atoms with Crippen molar-refractivity contribution in [1.82, 2.24) is 0 Å². The van der Waals surface area contributed by atoms with Crippen molar-refractivity contribution in [3.8, 4) is 0 Å². The fourth-order valence-electron chi connectivity index (χ4n) is 2.15. The Bertz CT molecular complexity index is 161. The van der Waals surface area contributed by atoms with Gasteiger partial charge in [0.25, 0.3) is 0 Å². The van der Waals surface area contributed by atoms with Crippen LogP contribution < -0.4 is 0 Å².